The minimum absolute atomic E-state index is 0.162. The fourth-order valence-corrected chi connectivity index (χ4v) is 3.68. The zero-order chi connectivity index (χ0) is 19.9. The third kappa shape index (κ3) is 4.52. The Kier molecular flexibility index (Phi) is 7.03. The second-order valence-corrected chi connectivity index (χ2v) is 7.01. The first-order valence-electron chi connectivity index (χ1n) is 9.67. The second kappa shape index (κ2) is 9.68. The van der Waals surface area contributed by atoms with Crippen molar-refractivity contribution in [2.24, 2.45) is 0 Å². The average molecular weight is 384 g/mol. The van der Waals surface area contributed by atoms with Crippen LogP contribution in [-0.4, -0.2) is 53.9 Å². The van der Waals surface area contributed by atoms with Gasteiger partial charge in [-0.1, -0.05) is 48.5 Å². The molecular formula is C22H28N2O4. The van der Waals surface area contributed by atoms with Crippen LogP contribution in [0.5, 0.6) is 5.75 Å². The standard InChI is InChI=1S/C22H28N2O4/c1-28-19-12-6-5-11-17(19)21(26)20(22(27)24-13-7-8-14-24)23-18(15-25)16-9-3-2-4-10-16/h2-6,9-12,18,20-21,23,25-26H,7-8,13-15H2,1H3/t18-,20+,21-/m1/s1. The molecule has 0 aromatic heterocycles. The second-order valence-electron chi connectivity index (χ2n) is 7.01. The maximum atomic E-state index is 13.2. The van der Waals surface area contributed by atoms with E-state index < -0.39 is 18.2 Å². The molecule has 6 heteroatoms. The molecule has 2 aromatic carbocycles. The van der Waals surface area contributed by atoms with Crippen LogP contribution in [0.15, 0.2) is 54.6 Å². The number of amides is 1. The summed E-state index contributed by atoms with van der Waals surface area (Å²) in [6.07, 6.45) is 0.818. The molecule has 3 rings (SSSR count). The van der Waals surface area contributed by atoms with Crippen molar-refractivity contribution in [3.8, 4) is 5.75 Å². The van der Waals surface area contributed by atoms with Crippen LogP contribution < -0.4 is 10.1 Å². The summed E-state index contributed by atoms with van der Waals surface area (Å²) < 4.78 is 5.38. The molecule has 3 N–H and O–H groups in total. The Morgan fingerprint density at radius 3 is 2.39 bits per heavy atom. The number of aliphatic hydroxyl groups excluding tert-OH is 2. The van der Waals surface area contributed by atoms with Crippen LogP contribution in [-0.2, 0) is 4.79 Å². The van der Waals surface area contributed by atoms with Crippen molar-refractivity contribution in [1.82, 2.24) is 10.2 Å². The van der Waals surface area contributed by atoms with E-state index in [1.165, 1.54) is 7.11 Å². The van der Waals surface area contributed by atoms with Crippen LogP contribution in [0.1, 0.15) is 36.1 Å². The molecule has 0 bridgehead atoms. The minimum Gasteiger partial charge on any atom is -0.496 e. The molecule has 3 atom stereocenters. The molecule has 1 aliphatic rings. The predicted molar refractivity (Wildman–Crippen MR) is 107 cm³/mol. The molecule has 0 aliphatic carbocycles. The number of ether oxygens (including phenoxy) is 1. The van der Waals surface area contributed by atoms with Gasteiger partial charge in [0.05, 0.1) is 19.8 Å². The minimum atomic E-state index is -1.11. The van der Waals surface area contributed by atoms with E-state index in [1.54, 1.807) is 23.1 Å². The number of para-hydroxylation sites is 1. The van der Waals surface area contributed by atoms with E-state index >= 15 is 0 Å². The molecule has 0 unspecified atom stereocenters. The van der Waals surface area contributed by atoms with Crippen molar-refractivity contribution in [1.29, 1.82) is 0 Å². The van der Waals surface area contributed by atoms with Gasteiger partial charge >= 0.3 is 0 Å². The lowest BCUT2D eigenvalue weighted by Crippen LogP contribution is -2.50. The highest BCUT2D eigenvalue weighted by Gasteiger charge is 2.35. The highest BCUT2D eigenvalue weighted by molar-refractivity contribution is 5.83. The smallest absolute Gasteiger partial charge is 0.242 e. The molecule has 0 spiro atoms. The fourth-order valence-electron chi connectivity index (χ4n) is 3.68. The SMILES string of the molecule is COc1ccccc1[C@@H](O)[C@H](N[C@H](CO)c1ccccc1)C(=O)N1CCCC1. The van der Waals surface area contributed by atoms with Crippen molar-refractivity contribution in [2.45, 2.75) is 31.0 Å². The number of methoxy groups -OCH3 is 1. The Hall–Kier alpha value is -2.41. The Morgan fingerprint density at radius 2 is 1.75 bits per heavy atom. The van der Waals surface area contributed by atoms with Crippen LogP contribution in [0, 0.1) is 0 Å². The topological polar surface area (TPSA) is 82.0 Å². The summed E-state index contributed by atoms with van der Waals surface area (Å²) in [6.45, 7) is 1.18. The van der Waals surface area contributed by atoms with Gasteiger partial charge in [0.15, 0.2) is 0 Å². The van der Waals surface area contributed by atoms with Crippen molar-refractivity contribution in [3.63, 3.8) is 0 Å². The van der Waals surface area contributed by atoms with E-state index in [1.807, 2.05) is 36.4 Å². The van der Waals surface area contributed by atoms with Crippen LogP contribution in [0.3, 0.4) is 0 Å². The van der Waals surface area contributed by atoms with Gasteiger partial charge in [0.25, 0.3) is 0 Å². The van der Waals surface area contributed by atoms with Crippen LogP contribution in [0.4, 0.5) is 0 Å². The number of hydrogen-bond donors (Lipinski definition) is 3. The van der Waals surface area contributed by atoms with Crippen molar-refractivity contribution >= 4 is 5.91 Å². The van der Waals surface area contributed by atoms with E-state index in [4.69, 9.17) is 4.74 Å². The molecule has 1 heterocycles. The average Bonchev–Trinajstić information content (AvgIpc) is 3.29. The number of hydrogen-bond acceptors (Lipinski definition) is 5. The van der Waals surface area contributed by atoms with Crippen molar-refractivity contribution < 1.29 is 19.7 Å². The number of likely N-dealkylation sites (tertiary alicyclic amines) is 1. The Balaban J connectivity index is 1.91. The van der Waals surface area contributed by atoms with Crippen molar-refractivity contribution in [3.05, 3.63) is 65.7 Å². The van der Waals surface area contributed by atoms with E-state index in [0.29, 0.717) is 24.4 Å². The zero-order valence-electron chi connectivity index (χ0n) is 16.1. The summed E-state index contributed by atoms with van der Waals surface area (Å²) in [5, 5.41) is 24.3. The molecule has 150 valence electrons. The van der Waals surface area contributed by atoms with E-state index in [0.717, 1.165) is 18.4 Å². The van der Waals surface area contributed by atoms with Gasteiger partial charge < -0.3 is 19.8 Å². The largest absolute Gasteiger partial charge is 0.496 e. The van der Waals surface area contributed by atoms with E-state index in [-0.39, 0.29) is 12.5 Å². The normalized spacial score (nSPS) is 17.2. The summed E-state index contributed by atoms with van der Waals surface area (Å²) in [5.74, 6) is 0.363. The number of carbonyl (C=O) groups is 1. The van der Waals surface area contributed by atoms with Gasteiger partial charge in [0, 0.05) is 18.7 Å². The number of rotatable bonds is 8. The molecule has 1 fully saturated rings. The Bertz CT molecular complexity index is 762. The van der Waals surface area contributed by atoms with Gasteiger partial charge in [-0.3, -0.25) is 10.1 Å². The summed E-state index contributed by atoms with van der Waals surface area (Å²) in [5.41, 5.74) is 1.40. The molecule has 1 saturated heterocycles. The van der Waals surface area contributed by atoms with Gasteiger partial charge in [-0.2, -0.15) is 0 Å². The lowest BCUT2D eigenvalue weighted by Gasteiger charge is -2.31. The van der Waals surface area contributed by atoms with Crippen LogP contribution in [0.25, 0.3) is 0 Å². The molecule has 6 nitrogen and oxygen atoms in total. The third-order valence-corrected chi connectivity index (χ3v) is 5.22. The lowest BCUT2D eigenvalue weighted by molar-refractivity contribution is -0.135. The summed E-state index contributed by atoms with van der Waals surface area (Å²) in [7, 11) is 1.54. The Labute approximate surface area is 165 Å². The van der Waals surface area contributed by atoms with Gasteiger partial charge in [-0.05, 0) is 24.5 Å². The molecule has 1 aliphatic heterocycles. The van der Waals surface area contributed by atoms with Gasteiger partial charge in [0.1, 0.15) is 17.9 Å². The summed E-state index contributed by atoms with van der Waals surface area (Å²) in [4.78, 5) is 15.0. The first-order valence-corrected chi connectivity index (χ1v) is 9.67. The van der Waals surface area contributed by atoms with Gasteiger partial charge in [-0.25, -0.2) is 0 Å². The molecule has 0 radical (unpaired) electrons. The molecular weight excluding hydrogens is 356 g/mol. The van der Waals surface area contributed by atoms with E-state index in [9.17, 15) is 15.0 Å². The monoisotopic (exact) mass is 384 g/mol. The molecule has 0 saturated carbocycles. The first-order chi connectivity index (χ1) is 13.7. The number of aliphatic hydroxyl groups is 2. The molecule has 2 aromatic rings. The highest BCUT2D eigenvalue weighted by atomic mass is 16.5. The quantitative estimate of drug-likeness (QED) is 0.649. The summed E-state index contributed by atoms with van der Waals surface area (Å²) in [6, 6.07) is 15.2. The molecule has 28 heavy (non-hydrogen) atoms. The fraction of sp³-hybridized carbons (Fsp3) is 0.409. The predicted octanol–water partition coefficient (Wildman–Crippen LogP) is 2.04. The summed E-state index contributed by atoms with van der Waals surface area (Å²) >= 11 is 0. The first kappa shape index (κ1) is 20.3. The lowest BCUT2D eigenvalue weighted by atomic mass is 9.97. The van der Waals surface area contributed by atoms with Gasteiger partial charge in [-0.15, -0.1) is 0 Å². The van der Waals surface area contributed by atoms with E-state index in [2.05, 4.69) is 5.32 Å². The molecule has 1 amide bonds. The zero-order valence-corrected chi connectivity index (χ0v) is 16.1. The highest BCUT2D eigenvalue weighted by Crippen LogP contribution is 2.29. The maximum absolute atomic E-state index is 13.2. The number of carbonyl (C=O) groups excluding carboxylic acids is 1. The Morgan fingerprint density at radius 1 is 1.11 bits per heavy atom. The maximum Gasteiger partial charge on any atom is 0.242 e. The number of nitrogens with one attached hydrogen (secondary N) is 1. The number of nitrogens with zero attached hydrogens (tertiary/aromatic N) is 1. The van der Waals surface area contributed by atoms with Crippen LogP contribution in [0.2, 0.25) is 0 Å². The van der Waals surface area contributed by atoms with Crippen molar-refractivity contribution in [2.75, 3.05) is 26.8 Å². The van der Waals surface area contributed by atoms with Gasteiger partial charge in [0.2, 0.25) is 5.91 Å². The van der Waals surface area contributed by atoms with Crippen LogP contribution >= 0.6 is 0 Å². The number of benzene rings is 2. The third-order valence-electron chi connectivity index (χ3n) is 5.22.